The highest BCUT2D eigenvalue weighted by Gasteiger charge is 2.42. The molecule has 1 aromatic heterocycles. The normalized spacial score (nSPS) is 19.8. The summed E-state index contributed by atoms with van der Waals surface area (Å²) in [6.45, 7) is 5.60. The van der Waals surface area contributed by atoms with Crippen LogP contribution in [0, 0.1) is 6.92 Å². The molecule has 1 aliphatic rings. The van der Waals surface area contributed by atoms with Crippen LogP contribution in [0.2, 0.25) is 0 Å². The van der Waals surface area contributed by atoms with Crippen molar-refractivity contribution in [1.82, 2.24) is 14.7 Å². The number of rotatable bonds is 6. The summed E-state index contributed by atoms with van der Waals surface area (Å²) in [5, 5.41) is 4.47. The van der Waals surface area contributed by atoms with Crippen LogP contribution >= 0.6 is 0 Å². The standard InChI is InChI=1S/C20H27N3O3/c1-5-17-15(2)18(22(3)21-17)19(24)23-12-11-20(13-23,25-4)14-26-16-9-7-6-8-10-16/h6-10H,5,11-14H2,1-4H3. The first-order valence-corrected chi connectivity index (χ1v) is 9.04. The molecule has 140 valence electrons. The Morgan fingerprint density at radius 1 is 1.31 bits per heavy atom. The zero-order valence-corrected chi connectivity index (χ0v) is 16.0. The van der Waals surface area contributed by atoms with Crippen molar-refractivity contribution in [1.29, 1.82) is 0 Å². The molecule has 6 heteroatoms. The van der Waals surface area contributed by atoms with E-state index >= 15 is 0 Å². The number of nitrogens with zero attached hydrogens (tertiary/aromatic N) is 3. The van der Waals surface area contributed by atoms with Crippen molar-refractivity contribution in [3.63, 3.8) is 0 Å². The Hall–Kier alpha value is -2.34. The highest BCUT2D eigenvalue weighted by Crippen LogP contribution is 2.28. The minimum absolute atomic E-state index is 0.0100. The molecule has 1 amide bonds. The van der Waals surface area contributed by atoms with Gasteiger partial charge in [0, 0.05) is 26.3 Å². The van der Waals surface area contributed by atoms with E-state index in [1.807, 2.05) is 49.2 Å². The molecule has 2 aromatic rings. The van der Waals surface area contributed by atoms with Gasteiger partial charge in [0.2, 0.25) is 0 Å². The maximum Gasteiger partial charge on any atom is 0.272 e. The molecule has 3 rings (SSSR count). The molecule has 1 fully saturated rings. The van der Waals surface area contributed by atoms with Crippen molar-refractivity contribution in [3.05, 3.63) is 47.3 Å². The lowest BCUT2D eigenvalue weighted by molar-refractivity contribution is -0.0343. The average Bonchev–Trinajstić information content (AvgIpc) is 3.22. The second kappa shape index (κ2) is 7.50. The summed E-state index contributed by atoms with van der Waals surface area (Å²) in [5.41, 5.74) is 2.12. The number of hydrogen-bond acceptors (Lipinski definition) is 4. The number of ether oxygens (including phenoxy) is 2. The predicted molar refractivity (Wildman–Crippen MR) is 99.5 cm³/mol. The number of carbonyl (C=O) groups is 1. The van der Waals surface area contributed by atoms with Crippen LogP contribution < -0.4 is 4.74 Å². The molecule has 26 heavy (non-hydrogen) atoms. The number of benzene rings is 1. The van der Waals surface area contributed by atoms with Gasteiger partial charge in [-0.1, -0.05) is 25.1 Å². The highest BCUT2D eigenvalue weighted by molar-refractivity contribution is 5.94. The first kappa shape index (κ1) is 18.5. The zero-order valence-electron chi connectivity index (χ0n) is 16.0. The van der Waals surface area contributed by atoms with E-state index in [4.69, 9.17) is 9.47 Å². The van der Waals surface area contributed by atoms with Crippen LogP contribution in [0.15, 0.2) is 30.3 Å². The number of aryl methyl sites for hydroxylation is 2. The Labute approximate surface area is 154 Å². The van der Waals surface area contributed by atoms with Gasteiger partial charge in [-0.2, -0.15) is 5.10 Å². The zero-order chi connectivity index (χ0) is 18.7. The Balaban J connectivity index is 1.72. The van der Waals surface area contributed by atoms with E-state index in [2.05, 4.69) is 12.0 Å². The third-order valence-corrected chi connectivity index (χ3v) is 5.20. The van der Waals surface area contributed by atoms with Crippen LogP contribution in [0.1, 0.15) is 35.1 Å². The number of methoxy groups -OCH3 is 1. The topological polar surface area (TPSA) is 56.6 Å². The molecular weight excluding hydrogens is 330 g/mol. The minimum Gasteiger partial charge on any atom is -0.491 e. The molecule has 1 aromatic carbocycles. The minimum atomic E-state index is -0.481. The number of para-hydroxylation sites is 1. The largest absolute Gasteiger partial charge is 0.491 e. The number of amides is 1. The summed E-state index contributed by atoms with van der Waals surface area (Å²) in [4.78, 5) is 14.9. The van der Waals surface area contributed by atoms with Gasteiger partial charge in [-0.25, -0.2) is 0 Å². The maximum atomic E-state index is 13.1. The fraction of sp³-hybridized carbons (Fsp3) is 0.500. The maximum absolute atomic E-state index is 13.1. The van der Waals surface area contributed by atoms with Gasteiger partial charge in [-0.15, -0.1) is 0 Å². The van der Waals surface area contributed by atoms with Crippen LogP contribution in [-0.4, -0.2) is 53.0 Å². The molecule has 0 saturated carbocycles. The van der Waals surface area contributed by atoms with Gasteiger partial charge in [0.1, 0.15) is 23.7 Å². The van der Waals surface area contributed by atoms with Crippen molar-refractivity contribution in [2.45, 2.75) is 32.3 Å². The molecule has 0 spiro atoms. The van der Waals surface area contributed by atoms with Gasteiger partial charge in [-0.3, -0.25) is 9.48 Å². The van der Waals surface area contributed by atoms with E-state index < -0.39 is 5.60 Å². The lowest BCUT2D eigenvalue weighted by atomic mass is 10.0. The number of hydrogen-bond donors (Lipinski definition) is 0. The van der Waals surface area contributed by atoms with E-state index in [9.17, 15) is 4.79 Å². The lowest BCUT2D eigenvalue weighted by Gasteiger charge is -2.28. The fourth-order valence-electron chi connectivity index (χ4n) is 3.56. The van der Waals surface area contributed by atoms with Crippen LogP contribution in [0.5, 0.6) is 5.75 Å². The molecule has 6 nitrogen and oxygen atoms in total. The fourth-order valence-corrected chi connectivity index (χ4v) is 3.56. The van der Waals surface area contributed by atoms with E-state index in [0.717, 1.165) is 29.8 Å². The van der Waals surface area contributed by atoms with E-state index in [-0.39, 0.29) is 5.91 Å². The summed E-state index contributed by atoms with van der Waals surface area (Å²) in [7, 11) is 3.52. The van der Waals surface area contributed by atoms with Gasteiger partial charge >= 0.3 is 0 Å². The van der Waals surface area contributed by atoms with Crippen molar-refractivity contribution in [2.24, 2.45) is 7.05 Å². The first-order chi connectivity index (χ1) is 12.5. The first-order valence-electron chi connectivity index (χ1n) is 9.04. The molecule has 1 saturated heterocycles. The average molecular weight is 357 g/mol. The summed E-state index contributed by atoms with van der Waals surface area (Å²) in [6, 6.07) is 9.68. The number of carbonyl (C=O) groups excluding carboxylic acids is 1. The molecule has 1 unspecified atom stereocenters. The molecule has 0 bridgehead atoms. The third-order valence-electron chi connectivity index (χ3n) is 5.20. The predicted octanol–water partition coefficient (Wildman–Crippen LogP) is 2.60. The lowest BCUT2D eigenvalue weighted by Crippen LogP contribution is -2.42. The summed E-state index contributed by atoms with van der Waals surface area (Å²) >= 11 is 0. The third kappa shape index (κ3) is 3.46. The summed E-state index contributed by atoms with van der Waals surface area (Å²) < 4.78 is 13.4. The molecular formula is C20H27N3O3. The quantitative estimate of drug-likeness (QED) is 0.797. The molecule has 1 atom stereocenters. The second-order valence-corrected chi connectivity index (χ2v) is 6.86. The van der Waals surface area contributed by atoms with E-state index in [1.165, 1.54) is 0 Å². The van der Waals surface area contributed by atoms with Crippen molar-refractivity contribution in [2.75, 3.05) is 26.8 Å². The van der Waals surface area contributed by atoms with E-state index in [0.29, 0.717) is 25.4 Å². The van der Waals surface area contributed by atoms with E-state index in [1.54, 1.807) is 11.8 Å². The van der Waals surface area contributed by atoms with Crippen LogP contribution in [0.25, 0.3) is 0 Å². The van der Waals surface area contributed by atoms with Crippen LogP contribution in [0.4, 0.5) is 0 Å². The molecule has 0 aliphatic carbocycles. The van der Waals surface area contributed by atoms with Gasteiger partial charge in [0.25, 0.3) is 5.91 Å². The Bertz CT molecular complexity index is 772. The Morgan fingerprint density at radius 3 is 2.65 bits per heavy atom. The van der Waals surface area contributed by atoms with Crippen LogP contribution in [0.3, 0.4) is 0 Å². The van der Waals surface area contributed by atoms with Crippen molar-refractivity contribution < 1.29 is 14.3 Å². The SMILES string of the molecule is CCc1nn(C)c(C(=O)N2CCC(COc3ccccc3)(OC)C2)c1C. The monoisotopic (exact) mass is 357 g/mol. The van der Waals surface area contributed by atoms with Gasteiger partial charge < -0.3 is 14.4 Å². The second-order valence-electron chi connectivity index (χ2n) is 6.86. The summed E-state index contributed by atoms with van der Waals surface area (Å²) in [5.74, 6) is 0.819. The Morgan fingerprint density at radius 2 is 2.04 bits per heavy atom. The molecule has 1 aliphatic heterocycles. The highest BCUT2D eigenvalue weighted by atomic mass is 16.5. The van der Waals surface area contributed by atoms with Gasteiger partial charge in [-0.05, 0) is 31.9 Å². The molecule has 0 radical (unpaired) electrons. The number of aromatic nitrogens is 2. The Kier molecular flexibility index (Phi) is 5.32. The smallest absolute Gasteiger partial charge is 0.272 e. The number of likely N-dealkylation sites (tertiary alicyclic amines) is 1. The summed E-state index contributed by atoms with van der Waals surface area (Å²) in [6.07, 6.45) is 1.57. The van der Waals surface area contributed by atoms with Crippen LogP contribution in [-0.2, 0) is 18.2 Å². The van der Waals surface area contributed by atoms with Gasteiger partial charge in [0.15, 0.2) is 0 Å². The van der Waals surface area contributed by atoms with Crippen molar-refractivity contribution >= 4 is 5.91 Å². The molecule has 0 N–H and O–H groups in total. The van der Waals surface area contributed by atoms with Crippen molar-refractivity contribution in [3.8, 4) is 5.75 Å². The van der Waals surface area contributed by atoms with Gasteiger partial charge in [0.05, 0.1) is 12.2 Å². The molecule has 2 heterocycles.